The third-order valence-corrected chi connectivity index (χ3v) is 5.34. The Kier molecular flexibility index (Phi) is 6.95. The molecule has 0 N–H and O–H groups in total. The van der Waals surface area contributed by atoms with Gasteiger partial charge in [-0.3, -0.25) is 4.79 Å². The van der Waals surface area contributed by atoms with Crippen molar-refractivity contribution in [3.63, 3.8) is 0 Å². The normalized spacial score (nSPS) is 16.8. The van der Waals surface area contributed by atoms with Crippen molar-refractivity contribution in [2.75, 3.05) is 31.1 Å². The number of nitrogens with zero attached hydrogens (tertiary/aromatic N) is 4. The van der Waals surface area contributed by atoms with Crippen molar-refractivity contribution < 1.29 is 9.18 Å². The lowest BCUT2D eigenvalue weighted by Crippen LogP contribution is -2.45. The zero-order chi connectivity index (χ0) is 19.9. The van der Waals surface area contributed by atoms with Gasteiger partial charge in [0, 0.05) is 44.1 Å². The molecular formula is C22H29FN4O. The molecular weight excluding hydrogens is 355 g/mol. The van der Waals surface area contributed by atoms with Gasteiger partial charge in [-0.15, -0.1) is 0 Å². The molecule has 6 heteroatoms. The van der Waals surface area contributed by atoms with Crippen LogP contribution in [0.1, 0.15) is 39.5 Å². The zero-order valence-electron chi connectivity index (χ0n) is 16.8. The molecule has 5 nitrogen and oxygen atoms in total. The summed E-state index contributed by atoms with van der Waals surface area (Å²) >= 11 is 0. The highest BCUT2D eigenvalue weighted by Gasteiger charge is 2.29. The van der Waals surface area contributed by atoms with E-state index in [0.29, 0.717) is 12.5 Å². The molecule has 2 aromatic rings. The minimum absolute atomic E-state index is 0.00549. The molecule has 0 radical (unpaired) electrons. The maximum Gasteiger partial charge on any atom is 0.227 e. The van der Waals surface area contributed by atoms with E-state index >= 15 is 0 Å². The molecule has 1 atom stereocenters. The van der Waals surface area contributed by atoms with Gasteiger partial charge in [0.2, 0.25) is 11.9 Å². The number of carbonyl (C=O) groups excluding carboxylic acids is 1. The van der Waals surface area contributed by atoms with E-state index in [1.165, 1.54) is 12.1 Å². The van der Waals surface area contributed by atoms with Crippen molar-refractivity contribution in [2.45, 2.75) is 39.5 Å². The van der Waals surface area contributed by atoms with E-state index in [-0.39, 0.29) is 17.6 Å². The molecule has 28 heavy (non-hydrogen) atoms. The van der Waals surface area contributed by atoms with Gasteiger partial charge >= 0.3 is 0 Å². The van der Waals surface area contributed by atoms with Crippen molar-refractivity contribution in [1.82, 2.24) is 14.9 Å². The number of hydrogen-bond acceptors (Lipinski definition) is 4. The van der Waals surface area contributed by atoms with E-state index in [4.69, 9.17) is 0 Å². The van der Waals surface area contributed by atoms with E-state index in [0.717, 1.165) is 56.4 Å². The number of anilines is 1. The van der Waals surface area contributed by atoms with Gasteiger partial charge in [0.15, 0.2) is 0 Å². The van der Waals surface area contributed by atoms with Crippen LogP contribution >= 0.6 is 0 Å². The molecule has 1 saturated heterocycles. The van der Waals surface area contributed by atoms with E-state index in [9.17, 15) is 9.18 Å². The second-order valence-electron chi connectivity index (χ2n) is 7.34. The first kappa shape index (κ1) is 20.2. The van der Waals surface area contributed by atoms with E-state index in [1.807, 2.05) is 11.8 Å². The van der Waals surface area contributed by atoms with Gasteiger partial charge in [-0.2, -0.15) is 0 Å². The average molecular weight is 384 g/mol. The fraction of sp³-hybridized carbons (Fsp3) is 0.500. The summed E-state index contributed by atoms with van der Waals surface area (Å²) in [4.78, 5) is 26.0. The van der Waals surface area contributed by atoms with Gasteiger partial charge in [-0.05, 0) is 43.9 Å². The number of benzene rings is 1. The Morgan fingerprint density at radius 2 is 1.89 bits per heavy atom. The minimum atomic E-state index is -0.259. The van der Waals surface area contributed by atoms with Gasteiger partial charge < -0.3 is 9.80 Å². The summed E-state index contributed by atoms with van der Waals surface area (Å²) in [6, 6.07) is 6.31. The first-order chi connectivity index (χ1) is 13.6. The summed E-state index contributed by atoms with van der Waals surface area (Å²) in [6.07, 6.45) is 7.55. The third-order valence-electron chi connectivity index (χ3n) is 5.34. The molecule has 1 aromatic heterocycles. The molecule has 0 spiro atoms. The van der Waals surface area contributed by atoms with Crippen molar-refractivity contribution in [3.8, 4) is 11.1 Å². The number of piperidine rings is 1. The van der Waals surface area contributed by atoms with Crippen molar-refractivity contribution in [3.05, 3.63) is 42.5 Å². The van der Waals surface area contributed by atoms with Crippen LogP contribution in [0.2, 0.25) is 0 Å². The minimum Gasteiger partial charge on any atom is -0.343 e. The molecule has 1 unspecified atom stereocenters. The summed E-state index contributed by atoms with van der Waals surface area (Å²) in [5.74, 6) is 0.653. The Balaban J connectivity index is 1.66. The largest absolute Gasteiger partial charge is 0.343 e. The van der Waals surface area contributed by atoms with Crippen LogP contribution in [0.3, 0.4) is 0 Å². The smallest absolute Gasteiger partial charge is 0.227 e. The summed E-state index contributed by atoms with van der Waals surface area (Å²) in [6.45, 7) is 7.32. The zero-order valence-corrected chi connectivity index (χ0v) is 16.8. The quantitative estimate of drug-likeness (QED) is 0.720. The maximum absolute atomic E-state index is 13.1. The van der Waals surface area contributed by atoms with Crippen LogP contribution in [-0.2, 0) is 4.79 Å². The summed E-state index contributed by atoms with van der Waals surface area (Å²) < 4.78 is 13.1. The van der Waals surface area contributed by atoms with Crippen LogP contribution in [0.4, 0.5) is 10.3 Å². The Morgan fingerprint density at radius 1 is 1.18 bits per heavy atom. The highest BCUT2D eigenvalue weighted by atomic mass is 19.1. The van der Waals surface area contributed by atoms with Crippen LogP contribution in [0.15, 0.2) is 36.7 Å². The molecule has 1 amide bonds. The lowest BCUT2D eigenvalue weighted by atomic mass is 9.96. The Morgan fingerprint density at radius 3 is 2.54 bits per heavy atom. The second kappa shape index (κ2) is 9.62. The summed E-state index contributed by atoms with van der Waals surface area (Å²) in [5.41, 5.74) is 1.74. The lowest BCUT2D eigenvalue weighted by Gasteiger charge is -2.34. The first-order valence-electron chi connectivity index (χ1n) is 10.2. The van der Waals surface area contributed by atoms with Gasteiger partial charge in [0.1, 0.15) is 5.82 Å². The lowest BCUT2D eigenvalue weighted by molar-refractivity contribution is -0.135. The van der Waals surface area contributed by atoms with Crippen molar-refractivity contribution >= 4 is 11.9 Å². The van der Waals surface area contributed by atoms with Gasteiger partial charge in [-0.1, -0.05) is 25.5 Å². The van der Waals surface area contributed by atoms with Crippen molar-refractivity contribution in [1.29, 1.82) is 0 Å². The molecule has 0 aliphatic carbocycles. The predicted octanol–water partition coefficient (Wildman–Crippen LogP) is 4.15. The van der Waals surface area contributed by atoms with Crippen LogP contribution in [0.5, 0.6) is 0 Å². The maximum atomic E-state index is 13.1. The molecule has 0 saturated carbocycles. The first-order valence-corrected chi connectivity index (χ1v) is 10.2. The monoisotopic (exact) mass is 384 g/mol. The van der Waals surface area contributed by atoms with E-state index < -0.39 is 0 Å². The number of hydrogen-bond donors (Lipinski definition) is 0. The predicted molar refractivity (Wildman–Crippen MR) is 110 cm³/mol. The number of aromatic nitrogens is 2. The van der Waals surface area contributed by atoms with Crippen molar-refractivity contribution in [2.24, 2.45) is 5.92 Å². The molecule has 1 aliphatic rings. The number of unbranched alkanes of at least 4 members (excludes halogenated alkanes) is 1. The van der Waals surface area contributed by atoms with Gasteiger partial charge in [-0.25, -0.2) is 14.4 Å². The van der Waals surface area contributed by atoms with E-state index in [2.05, 4.69) is 21.8 Å². The highest BCUT2D eigenvalue weighted by molar-refractivity contribution is 5.79. The Labute approximate surface area is 166 Å². The number of amides is 1. The number of carbonyl (C=O) groups is 1. The molecule has 2 heterocycles. The Bertz CT molecular complexity index is 763. The summed E-state index contributed by atoms with van der Waals surface area (Å²) in [7, 11) is 0. The number of rotatable bonds is 7. The number of halogens is 1. The molecule has 1 aliphatic heterocycles. The topological polar surface area (TPSA) is 49.3 Å². The fourth-order valence-electron chi connectivity index (χ4n) is 3.67. The average Bonchev–Trinajstić information content (AvgIpc) is 2.75. The van der Waals surface area contributed by atoms with Gasteiger partial charge in [0.05, 0.1) is 5.92 Å². The fourth-order valence-corrected chi connectivity index (χ4v) is 3.67. The standard InChI is InChI=1S/C22H29FN4O/c1-3-5-12-26(4-2)21(28)18-7-6-13-27(16-18)22-24-14-19(15-25-22)17-8-10-20(23)11-9-17/h8-11,14-15,18H,3-7,12-13,16H2,1-2H3. The van der Waals surface area contributed by atoms with Gasteiger partial charge in [0.25, 0.3) is 0 Å². The third kappa shape index (κ3) is 4.86. The second-order valence-corrected chi connectivity index (χ2v) is 7.34. The van der Waals surface area contributed by atoms with Crippen LogP contribution in [0, 0.1) is 11.7 Å². The molecule has 1 fully saturated rings. The molecule has 0 bridgehead atoms. The molecule has 1 aromatic carbocycles. The highest BCUT2D eigenvalue weighted by Crippen LogP contribution is 2.24. The van der Waals surface area contributed by atoms with Crippen LogP contribution < -0.4 is 4.90 Å². The van der Waals surface area contributed by atoms with Crippen LogP contribution in [-0.4, -0.2) is 47.0 Å². The Hall–Kier alpha value is -2.50. The molecule has 150 valence electrons. The van der Waals surface area contributed by atoms with E-state index in [1.54, 1.807) is 24.5 Å². The molecule has 3 rings (SSSR count). The van der Waals surface area contributed by atoms with Crippen LogP contribution in [0.25, 0.3) is 11.1 Å². The SMILES string of the molecule is CCCCN(CC)C(=O)C1CCCN(c2ncc(-c3ccc(F)cc3)cn2)C1. The summed E-state index contributed by atoms with van der Waals surface area (Å²) in [5, 5.41) is 0.